The fraction of sp³-hybridized carbons (Fsp3) is 0.167. The summed E-state index contributed by atoms with van der Waals surface area (Å²) in [5.41, 5.74) is 7.92. The fourth-order valence-electron chi connectivity index (χ4n) is 3.25. The molecule has 0 saturated carbocycles. The Morgan fingerprint density at radius 3 is 1.97 bits per heavy atom. The van der Waals surface area contributed by atoms with Crippen molar-refractivity contribution in [3.63, 3.8) is 0 Å². The molecule has 0 aliphatic rings. The summed E-state index contributed by atoms with van der Waals surface area (Å²) in [6.07, 6.45) is 0.754. The molecule has 2 amide bonds. The molecule has 0 bridgehead atoms. The minimum atomic E-state index is -0.589. The number of hydrogen-bond acceptors (Lipinski definition) is 3. The van der Waals surface area contributed by atoms with Gasteiger partial charge in [-0.05, 0) is 29.7 Å². The Morgan fingerprint density at radius 1 is 0.828 bits per heavy atom. The predicted molar refractivity (Wildman–Crippen MR) is 113 cm³/mol. The molecule has 0 aromatic heterocycles. The average Bonchev–Trinajstić information content (AvgIpc) is 2.76. The Bertz CT molecular complexity index is 903. The highest BCUT2D eigenvalue weighted by Gasteiger charge is 2.16. The third kappa shape index (κ3) is 5.69. The van der Waals surface area contributed by atoms with Crippen molar-refractivity contribution in [2.45, 2.75) is 12.3 Å². The molecule has 0 aliphatic carbocycles. The first kappa shape index (κ1) is 20.1. The highest BCUT2D eigenvalue weighted by Crippen LogP contribution is 2.27. The maximum absolute atomic E-state index is 12.7. The molecule has 0 spiro atoms. The fourth-order valence-corrected chi connectivity index (χ4v) is 3.25. The van der Waals surface area contributed by atoms with Gasteiger partial charge in [0.1, 0.15) is 5.75 Å². The number of rotatable bonds is 9. The Morgan fingerprint density at radius 2 is 1.38 bits per heavy atom. The van der Waals surface area contributed by atoms with Gasteiger partial charge in [-0.2, -0.15) is 0 Å². The van der Waals surface area contributed by atoms with Crippen LogP contribution in [0.1, 0.15) is 33.8 Å². The lowest BCUT2D eigenvalue weighted by Crippen LogP contribution is -2.27. The van der Waals surface area contributed by atoms with Crippen LogP contribution in [-0.4, -0.2) is 25.0 Å². The van der Waals surface area contributed by atoms with Gasteiger partial charge in [0.2, 0.25) is 0 Å². The zero-order chi connectivity index (χ0) is 20.5. The number of carbonyl (C=O) groups is 2. The van der Waals surface area contributed by atoms with Crippen molar-refractivity contribution >= 4 is 11.8 Å². The smallest absolute Gasteiger partial charge is 0.255 e. The summed E-state index contributed by atoms with van der Waals surface area (Å²) in [6, 6.07) is 27.3. The maximum atomic E-state index is 12.7. The normalized spacial score (nSPS) is 10.5. The molecule has 3 rings (SSSR count). The van der Waals surface area contributed by atoms with Gasteiger partial charge in [-0.1, -0.05) is 72.8 Å². The van der Waals surface area contributed by atoms with Gasteiger partial charge in [-0.25, -0.2) is 0 Å². The van der Waals surface area contributed by atoms with Gasteiger partial charge in [0.15, 0.2) is 6.61 Å². The van der Waals surface area contributed by atoms with Gasteiger partial charge in [0.25, 0.3) is 11.8 Å². The van der Waals surface area contributed by atoms with E-state index in [0.29, 0.717) is 17.9 Å². The van der Waals surface area contributed by atoms with Crippen LogP contribution < -0.4 is 15.8 Å². The summed E-state index contributed by atoms with van der Waals surface area (Å²) < 4.78 is 5.35. The SMILES string of the molecule is NC(=O)COc1ccccc1C(=O)NCCC(c1ccccc1)c1ccccc1. The lowest BCUT2D eigenvalue weighted by Gasteiger charge is -2.19. The number of hydrogen-bond donors (Lipinski definition) is 2. The number of amides is 2. The Hall–Kier alpha value is -3.60. The van der Waals surface area contributed by atoms with Crippen LogP contribution in [0.4, 0.5) is 0 Å². The number of nitrogens with two attached hydrogens (primary N) is 1. The molecule has 0 aliphatic heterocycles. The van der Waals surface area contributed by atoms with Crippen LogP contribution in [-0.2, 0) is 4.79 Å². The number of carbonyl (C=O) groups excluding carboxylic acids is 2. The molecule has 0 atom stereocenters. The molecule has 3 aromatic rings. The van der Waals surface area contributed by atoms with E-state index in [0.717, 1.165) is 6.42 Å². The predicted octanol–water partition coefficient (Wildman–Crippen LogP) is 3.50. The van der Waals surface area contributed by atoms with Crippen LogP contribution in [0.3, 0.4) is 0 Å². The minimum Gasteiger partial charge on any atom is -0.483 e. The summed E-state index contributed by atoms with van der Waals surface area (Å²) in [4.78, 5) is 23.6. The Kier molecular flexibility index (Phi) is 7.00. The molecule has 0 fully saturated rings. The summed E-state index contributed by atoms with van der Waals surface area (Å²) in [7, 11) is 0. The first-order valence-electron chi connectivity index (χ1n) is 9.53. The second kappa shape index (κ2) is 10.1. The van der Waals surface area contributed by atoms with E-state index in [1.807, 2.05) is 36.4 Å². The number of benzene rings is 3. The number of primary amides is 1. The molecular weight excluding hydrogens is 364 g/mol. The van der Waals surface area contributed by atoms with Crippen molar-refractivity contribution < 1.29 is 14.3 Å². The van der Waals surface area contributed by atoms with Crippen LogP contribution in [0.15, 0.2) is 84.9 Å². The monoisotopic (exact) mass is 388 g/mol. The molecule has 3 aromatic carbocycles. The highest BCUT2D eigenvalue weighted by molar-refractivity contribution is 5.97. The topological polar surface area (TPSA) is 81.4 Å². The van der Waals surface area contributed by atoms with Crippen molar-refractivity contribution in [3.05, 3.63) is 102 Å². The van der Waals surface area contributed by atoms with Crippen LogP contribution in [0.25, 0.3) is 0 Å². The van der Waals surface area contributed by atoms with E-state index in [1.54, 1.807) is 24.3 Å². The molecule has 0 radical (unpaired) electrons. The minimum absolute atomic E-state index is 0.180. The third-order valence-electron chi connectivity index (χ3n) is 4.62. The summed E-state index contributed by atoms with van der Waals surface area (Å²) >= 11 is 0. The van der Waals surface area contributed by atoms with Gasteiger partial charge in [0, 0.05) is 12.5 Å². The van der Waals surface area contributed by atoms with E-state index in [1.165, 1.54) is 11.1 Å². The first-order valence-corrected chi connectivity index (χ1v) is 9.53. The van der Waals surface area contributed by atoms with E-state index in [9.17, 15) is 9.59 Å². The van der Waals surface area contributed by atoms with Crippen LogP contribution in [0.2, 0.25) is 0 Å². The average molecular weight is 388 g/mol. The zero-order valence-electron chi connectivity index (χ0n) is 16.1. The Labute approximate surface area is 170 Å². The maximum Gasteiger partial charge on any atom is 0.255 e. The van der Waals surface area contributed by atoms with Gasteiger partial charge in [-0.3, -0.25) is 9.59 Å². The molecule has 3 N–H and O–H groups in total. The lowest BCUT2D eigenvalue weighted by atomic mass is 9.88. The van der Waals surface area contributed by atoms with Crippen LogP contribution in [0.5, 0.6) is 5.75 Å². The van der Waals surface area contributed by atoms with Gasteiger partial charge in [0.05, 0.1) is 5.56 Å². The second-order valence-electron chi connectivity index (χ2n) is 6.67. The van der Waals surface area contributed by atoms with Crippen LogP contribution in [0, 0.1) is 0 Å². The molecule has 0 saturated heterocycles. The standard InChI is InChI=1S/C24H24N2O3/c25-23(27)17-29-22-14-8-7-13-21(22)24(28)26-16-15-20(18-9-3-1-4-10-18)19-11-5-2-6-12-19/h1-14,20H,15-17H2,(H2,25,27)(H,26,28). The van der Waals surface area contributed by atoms with Crippen molar-refractivity contribution in [3.8, 4) is 5.75 Å². The number of para-hydroxylation sites is 1. The quantitative estimate of drug-likeness (QED) is 0.589. The van der Waals surface area contributed by atoms with E-state index in [-0.39, 0.29) is 18.4 Å². The zero-order valence-corrected chi connectivity index (χ0v) is 16.1. The van der Waals surface area contributed by atoms with E-state index in [2.05, 4.69) is 29.6 Å². The molecule has 0 unspecified atom stereocenters. The van der Waals surface area contributed by atoms with Crippen molar-refractivity contribution in [2.24, 2.45) is 5.73 Å². The molecule has 29 heavy (non-hydrogen) atoms. The van der Waals surface area contributed by atoms with Crippen molar-refractivity contribution in [1.82, 2.24) is 5.32 Å². The number of nitrogens with one attached hydrogen (secondary N) is 1. The first-order chi connectivity index (χ1) is 14.1. The van der Waals surface area contributed by atoms with E-state index < -0.39 is 5.91 Å². The van der Waals surface area contributed by atoms with E-state index >= 15 is 0 Å². The largest absolute Gasteiger partial charge is 0.483 e. The Balaban J connectivity index is 1.67. The highest BCUT2D eigenvalue weighted by atomic mass is 16.5. The van der Waals surface area contributed by atoms with E-state index in [4.69, 9.17) is 10.5 Å². The van der Waals surface area contributed by atoms with Crippen LogP contribution >= 0.6 is 0 Å². The lowest BCUT2D eigenvalue weighted by molar-refractivity contribution is -0.119. The molecular formula is C24H24N2O3. The van der Waals surface area contributed by atoms with Gasteiger partial charge < -0.3 is 15.8 Å². The molecule has 148 valence electrons. The van der Waals surface area contributed by atoms with Gasteiger partial charge in [-0.15, -0.1) is 0 Å². The molecule has 5 nitrogen and oxygen atoms in total. The third-order valence-corrected chi connectivity index (χ3v) is 4.62. The summed E-state index contributed by atoms with van der Waals surface area (Å²) in [5.74, 6) is -0.316. The van der Waals surface area contributed by atoms with Crippen molar-refractivity contribution in [1.29, 1.82) is 0 Å². The molecule has 5 heteroatoms. The summed E-state index contributed by atoms with van der Waals surface area (Å²) in [6.45, 7) is 0.228. The van der Waals surface area contributed by atoms with Crippen molar-refractivity contribution in [2.75, 3.05) is 13.2 Å². The van der Waals surface area contributed by atoms with Gasteiger partial charge >= 0.3 is 0 Å². The molecule has 0 heterocycles. The summed E-state index contributed by atoms with van der Waals surface area (Å²) in [5, 5.41) is 2.96. The number of ether oxygens (including phenoxy) is 1. The second-order valence-corrected chi connectivity index (χ2v) is 6.67.